The lowest BCUT2D eigenvalue weighted by atomic mass is 10.1. The van der Waals surface area contributed by atoms with Crippen LogP contribution in [0.15, 0.2) is 35.3 Å². The highest BCUT2D eigenvalue weighted by molar-refractivity contribution is 5.94. The Balaban J connectivity index is 1.93. The van der Waals surface area contributed by atoms with Gasteiger partial charge in [0.2, 0.25) is 17.7 Å². The van der Waals surface area contributed by atoms with E-state index in [1.54, 1.807) is 24.3 Å². The van der Waals surface area contributed by atoms with Crippen molar-refractivity contribution >= 4 is 29.7 Å². The van der Waals surface area contributed by atoms with Gasteiger partial charge in [0.25, 0.3) is 0 Å². The lowest BCUT2D eigenvalue weighted by molar-refractivity contribution is -0.144. The van der Waals surface area contributed by atoms with Gasteiger partial charge >= 0.3 is 5.97 Å². The molecule has 0 aliphatic carbocycles. The third-order valence-corrected chi connectivity index (χ3v) is 5.77. The molecule has 1 aromatic rings. The number of guanidine groups is 1. The van der Waals surface area contributed by atoms with Crippen molar-refractivity contribution in [2.24, 2.45) is 22.2 Å². The number of likely N-dealkylation sites (tertiary alicyclic amines) is 1. The van der Waals surface area contributed by atoms with Crippen LogP contribution in [0.2, 0.25) is 0 Å². The fraction of sp³-hybridized carbons (Fsp3) is 0.522. The van der Waals surface area contributed by atoms with Gasteiger partial charge in [0.15, 0.2) is 5.96 Å². The number of aliphatic imine (C=N–C) groups is 1. The topological polar surface area (TPSA) is 206 Å². The zero-order valence-corrected chi connectivity index (χ0v) is 19.9. The number of hydrogen-bond donors (Lipinski definition) is 6. The molecule has 1 aromatic carbocycles. The summed E-state index contributed by atoms with van der Waals surface area (Å²) in [6.45, 7) is 2.19. The van der Waals surface area contributed by atoms with Crippen LogP contribution >= 0.6 is 0 Å². The minimum absolute atomic E-state index is 0.0406. The number of nitrogens with two attached hydrogens (primary N) is 3. The van der Waals surface area contributed by atoms with E-state index >= 15 is 0 Å². The van der Waals surface area contributed by atoms with Crippen molar-refractivity contribution in [3.05, 3.63) is 35.9 Å². The average molecular weight is 490 g/mol. The normalized spacial score (nSPS) is 17.7. The maximum Gasteiger partial charge on any atom is 0.326 e. The summed E-state index contributed by atoms with van der Waals surface area (Å²) in [6, 6.07) is 5.28. The predicted octanol–water partition coefficient (Wildman–Crippen LogP) is -1.32. The number of nitrogens with one attached hydrogen (secondary N) is 2. The summed E-state index contributed by atoms with van der Waals surface area (Å²) < 4.78 is 0. The molecule has 1 aliphatic heterocycles. The third kappa shape index (κ3) is 8.56. The molecule has 0 saturated carbocycles. The van der Waals surface area contributed by atoms with Gasteiger partial charge in [-0.2, -0.15) is 0 Å². The fourth-order valence-corrected chi connectivity index (χ4v) is 3.90. The van der Waals surface area contributed by atoms with Crippen LogP contribution in [-0.4, -0.2) is 76.9 Å². The second-order valence-corrected chi connectivity index (χ2v) is 8.56. The molecule has 1 fully saturated rings. The number of aliphatic carboxylic acids is 1. The Labute approximate surface area is 204 Å². The molecule has 1 saturated heterocycles. The Morgan fingerprint density at radius 1 is 1.17 bits per heavy atom. The van der Waals surface area contributed by atoms with Crippen molar-refractivity contribution in [2.45, 2.75) is 63.2 Å². The SMILES string of the molecule is CC(NC(=O)C(N)CCCN=C(N)N)C(=O)N1CCCC1C(=O)NC(Cc1ccccc1)C(=O)O. The van der Waals surface area contributed by atoms with Crippen LogP contribution in [0.4, 0.5) is 0 Å². The Morgan fingerprint density at radius 3 is 2.49 bits per heavy atom. The zero-order valence-electron chi connectivity index (χ0n) is 19.9. The van der Waals surface area contributed by atoms with E-state index in [9.17, 15) is 24.3 Å². The van der Waals surface area contributed by atoms with Gasteiger partial charge in [0.05, 0.1) is 6.04 Å². The highest BCUT2D eigenvalue weighted by Gasteiger charge is 2.38. The van der Waals surface area contributed by atoms with E-state index in [-0.39, 0.29) is 12.4 Å². The molecular weight excluding hydrogens is 454 g/mol. The molecule has 4 atom stereocenters. The Kier molecular flexibility index (Phi) is 10.5. The highest BCUT2D eigenvalue weighted by Crippen LogP contribution is 2.19. The monoisotopic (exact) mass is 489 g/mol. The quantitative estimate of drug-likeness (QED) is 0.118. The van der Waals surface area contributed by atoms with E-state index in [1.165, 1.54) is 11.8 Å². The molecule has 2 rings (SSSR count). The fourth-order valence-electron chi connectivity index (χ4n) is 3.90. The second kappa shape index (κ2) is 13.3. The lowest BCUT2D eigenvalue weighted by Gasteiger charge is -2.28. The van der Waals surface area contributed by atoms with Gasteiger partial charge in [-0.1, -0.05) is 30.3 Å². The molecule has 0 spiro atoms. The molecule has 12 heteroatoms. The van der Waals surface area contributed by atoms with Crippen molar-refractivity contribution in [1.82, 2.24) is 15.5 Å². The summed E-state index contributed by atoms with van der Waals surface area (Å²) in [5, 5.41) is 14.7. The van der Waals surface area contributed by atoms with Gasteiger partial charge in [0.1, 0.15) is 18.1 Å². The summed E-state index contributed by atoms with van der Waals surface area (Å²) in [5.41, 5.74) is 17.2. The van der Waals surface area contributed by atoms with Gasteiger partial charge in [-0.05, 0) is 38.2 Å². The van der Waals surface area contributed by atoms with Crippen LogP contribution < -0.4 is 27.8 Å². The summed E-state index contributed by atoms with van der Waals surface area (Å²) in [6.07, 6.45) is 1.94. The minimum Gasteiger partial charge on any atom is -0.480 e. The number of carbonyl (C=O) groups is 4. The van der Waals surface area contributed by atoms with Crippen LogP contribution in [0.25, 0.3) is 0 Å². The standard InChI is InChI=1S/C23H35N7O5/c1-14(28-19(31)16(24)9-5-11-27-23(25)26)21(33)30-12-6-10-18(30)20(32)29-17(22(34)35)13-15-7-3-2-4-8-15/h2-4,7-8,14,16-18H,5-6,9-13,24H2,1H3,(H,28,31)(H,29,32)(H,34,35)(H4,25,26,27). The number of hydrogen-bond acceptors (Lipinski definition) is 6. The zero-order chi connectivity index (χ0) is 26.0. The van der Waals surface area contributed by atoms with E-state index in [2.05, 4.69) is 15.6 Å². The van der Waals surface area contributed by atoms with Crippen molar-refractivity contribution in [2.75, 3.05) is 13.1 Å². The molecule has 1 aliphatic rings. The molecule has 12 nitrogen and oxygen atoms in total. The predicted molar refractivity (Wildman–Crippen MR) is 130 cm³/mol. The van der Waals surface area contributed by atoms with Crippen molar-refractivity contribution in [3.63, 3.8) is 0 Å². The van der Waals surface area contributed by atoms with E-state index in [0.717, 1.165) is 5.56 Å². The number of carboxylic acid groups (broad SMARTS) is 1. The smallest absolute Gasteiger partial charge is 0.326 e. The van der Waals surface area contributed by atoms with Gasteiger partial charge in [-0.15, -0.1) is 0 Å². The molecule has 0 aromatic heterocycles. The molecule has 3 amide bonds. The van der Waals surface area contributed by atoms with Crippen LogP contribution in [0.5, 0.6) is 0 Å². The molecule has 35 heavy (non-hydrogen) atoms. The highest BCUT2D eigenvalue weighted by atomic mass is 16.4. The Hall–Kier alpha value is -3.67. The number of benzene rings is 1. The first-order chi connectivity index (χ1) is 16.6. The summed E-state index contributed by atoms with van der Waals surface area (Å²) in [7, 11) is 0. The van der Waals surface area contributed by atoms with Crippen LogP contribution in [0.3, 0.4) is 0 Å². The molecule has 1 heterocycles. The van der Waals surface area contributed by atoms with Crippen LogP contribution in [-0.2, 0) is 25.6 Å². The molecule has 0 radical (unpaired) electrons. The molecule has 0 bridgehead atoms. The summed E-state index contributed by atoms with van der Waals surface area (Å²) in [5.74, 6) is -2.66. The van der Waals surface area contributed by atoms with Gasteiger partial charge in [0, 0.05) is 19.5 Å². The van der Waals surface area contributed by atoms with Crippen LogP contribution in [0, 0.1) is 0 Å². The van der Waals surface area contributed by atoms with Crippen molar-refractivity contribution in [3.8, 4) is 0 Å². The molecule has 4 unspecified atom stereocenters. The first-order valence-corrected chi connectivity index (χ1v) is 11.6. The largest absolute Gasteiger partial charge is 0.480 e. The van der Waals surface area contributed by atoms with Gasteiger partial charge in [-0.25, -0.2) is 4.79 Å². The van der Waals surface area contributed by atoms with Gasteiger partial charge < -0.3 is 37.8 Å². The van der Waals surface area contributed by atoms with E-state index < -0.39 is 47.9 Å². The van der Waals surface area contributed by atoms with E-state index in [1.807, 2.05) is 6.07 Å². The van der Waals surface area contributed by atoms with E-state index in [4.69, 9.17) is 17.2 Å². The molecule has 9 N–H and O–H groups in total. The van der Waals surface area contributed by atoms with Crippen molar-refractivity contribution < 1.29 is 24.3 Å². The first-order valence-electron chi connectivity index (χ1n) is 11.6. The van der Waals surface area contributed by atoms with Crippen LogP contribution in [0.1, 0.15) is 38.2 Å². The first kappa shape index (κ1) is 27.6. The number of rotatable bonds is 12. The van der Waals surface area contributed by atoms with E-state index in [0.29, 0.717) is 38.8 Å². The number of nitrogens with zero attached hydrogens (tertiary/aromatic N) is 2. The molecular formula is C23H35N7O5. The maximum atomic E-state index is 13.0. The number of amides is 3. The van der Waals surface area contributed by atoms with Crippen molar-refractivity contribution in [1.29, 1.82) is 0 Å². The summed E-state index contributed by atoms with van der Waals surface area (Å²) in [4.78, 5) is 55.2. The third-order valence-electron chi connectivity index (χ3n) is 5.77. The summed E-state index contributed by atoms with van der Waals surface area (Å²) >= 11 is 0. The average Bonchev–Trinajstić information content (AvgIpc) is 3.31. The number of carboxylic acids is 1. The minimum atomic E-state index is -1.16. The maximum absolute atomic E-state index is 13.0. The second-order valence-electron chi connectivity index (χ2n) is 8.56. The number of carbonyl (C=O) groups excluding carboxylic acids is 3. The Bertz CT molecular complexity index is 920. The lowest BCUT2D eigenvalue weighted by Crippen LogP contribution is -2.56. The van der Waals surface area contributed by atoms with Gasteiger partial charge in [-0.3, -0.25) is 19.4 Å². The Morgan fingerprint density at radius 2 is 1.86 bits per heavy atom. The molecule has 192 valence electrons.